The minimum Gasteiger partial charge on any atom is -0.448 e. The van der Waals surface area contributed by atoms with Crippen molar-refractivity contribution in [1.82, 2.24) is 14.8 Å². The zero-order valence-electron chi connectivity index (χ0n) is 17.0. The summed E-state index contributed by atoms with van der Waals surface area (Å²) in [6, 6.07) is 2.02. The van der Waals surface area contributed by atoms with Crippen molar-refractivity contribution < 1.29 is 12.8 Å². The monoisotopic (exact) mass is 393 g/mol. The molecule has 1 fully saturated rings. The van der Waals surface area contributed by atoms with Gasteiger partial charge in [0.2, 0.25) is 0 Å². The van der Waals surface area contributed by atoms with Crippen LogP contribution < -0.4 is 0 Å². The molecule has 1 saturated carbocycles. The molecular weight excluding hydrogens is 362 g/mol. The van der Waals surface area contributed by atoms with Crippen molar-refractivity contribution >= 4 is 9.84 Å². The van der Waals surface area contributed by atoms with Gasteiger partial charge in [-0.3, -0.25) is 4.68 Å². The minimum atomic E-state index is -3.16. The number of rotatable bonds is 5. The molecule has 0 aliphatic heterocycles. The van der Waals surface area contributed by atoms with Gasteiger partial charge in [-0.15, -0.1) is 0 Å². The molecule has 1 aliphatic rings. The summed E-state index contributed by atoms with van der Waals surface area (Å²) in [5.41, 5.74) is 2.50. The molecule has 0 amide bonds. The third kappa shape index (κ3) is 4.28. The summed E-state index contributed by atoms with van der Waals surface area (Å²) in [7, 11) is -1.27. The Hall–Kier alpha value is -1.63. The number of hydrogen-bond donors (Lipinski definition) is 0. The van der Waals surface area contributed by atoms with E-state index in [4.69, 9.17) is 4.42 Å². The maximum Gasteiger partial charge on any atom is 0.195 e. The fourth-order valence-corrected chi connectivity index (χ4v) is 5.70. The van der Waals surface area contributed by atoms with E-state index in [1.165, 1.54) is 0 Å². The second-order valence-electron chi connectivity index (χ2n) is 8.78. The number of sulfone groups is 1. The third-order valence-electron chi connectivity index (χ3n) is 5.50. The van der Waals surface area contributed by atoms with Crippen molar-refractivity contribution in [2.75, 3.05) is 0 Å². The maximum absolute atomic E-state index is 12.9. The highest BCUT2D eigenvalue weighted by Crippen LogP contribution is 2.29. The summed E-state index contributed by atoms with van der Waals surface area (Å²) in [6.45, 7) is 8.12. The lowest BCUT2D eigenvalue weighted by Crippen LogP contribution is -2.33. The van der Waals surface area contributed by atoms with E-state index in [1.807, 2.05) is 13.1 Å². The van der Waals surface area contributed by atoms with Gasteiger partial charge in [-0.1, -0.05) is 40.0 Å². The Morgan fingerprint density at radius 1 is 1.26 bits per heavy atom. The van der Waals surface area contributed by atoms with Gasteiger partial charge in [0.05, 0.1) is 21.9 Å². The fourth-order valence-electron chi connectivity index (χ4n) is 3.68. The standard InChI is InChI=1S/C20H31N3O3S/c1-14(27(24,25)15-9-7-6-8-10-15)11-19-21-16(13-26-19)17-12-18(20(2,3)4)22-23(17)5/h12-15H,6-11H2,1-5H3. The first-order chi connectivity index (χ1) is 12.6. The molecule has 150 valence electrons. The molecule has 3 rings (SSSR count). The molecule has 27 heavy (non-hydrogen) atoms. The lowest BCUT2D eigenvalue weighted by molar-refractivity contribution is 0.465. The molecule has 2 heterocycles. The van der Waals surface area contributed by atoms with Crippen LogP contribution in [0.25, 0.3) is 11.4 Å². The van der Waals surface area contributed by atoms with Gasteiger partial charge < -0.3 is 4.42 Å². The van der Waals surface area contributed by atoms with E-state index in [0.717, 1.165) is 43.5 Å². The molecule has 0 spiro atoms. The van der Waals surface area contributed by atoms with Crippen LogP contribution in [0, 0.1) is 0 Å². The van der Waals surface area contributed by atoms with Gasteiger partial charge >= 0.3 is 0 Å². The van der Waals surface area contributed by atoms with Crippen molar-refractivity contribution in [3.05, 3.63) is 23.9 Å². The van der Waals surface area contributed by atoms with E-state index in [2.05, 4.69) is 30.9 Å². The van der Waals surface area contributed by atoms with Crippen molar-refractivity contribution in [2.24, 2.45) is 7.05 Å². The van der Waals surface area contributed by atoms with E-state index in [-0.39, 0.29) is 10.7 Å². The van der Waals surface area contributed by atoms with Gasteiger partial charge in [0, 0.05) is 18.9 Å². The lowest BCUT2D eigenvalue weighted by Gasteiger charge is -2.24. The number of oxazole rings is 1. The van der Waals surface area contributed by atoms with Crippen molar-refractivity contribution in [3.8, 4) is 11.4 Å². The molecule has 7 heteroatoms. The summed E-state index contributed by atoms with van der Waals surface area (Å²) in [4.78, 5) is 4.54. The van der Waals surface area contributed by atoms with Crippen molar-refractivity contribution in [3.63, 3.8) is 0 Å². The molecule has 0 aromatic carbocycles. The van der Waals surface area contributed by atoms with Crippen LogP contribution in [0.2, 0.25) is 0 Å². The highest BCUT2D eigenvalue weighted by atomic mass is 32.2. The number of aryl methyl sites for hydroxylation is 1. The SMILES string of the molecule is CC(Cc1nc(-c2cc(C(C)(C)C)nn2C)co1)S(=O)(=O)C1CCCCC1. The highest BCUT2D eigenvalue weighted by Gasteiger charge is 2.33. The average Bonchev–Trinajstić information content (AvgIpc) is 3.21. The minimum absolute atomic E-state index is 0.0504. The molecule has 0 N–H and O–H groups in total. The van der Waals surface area contributed by atoms with Crippen LogP contribution in [-0.4, -0.2) is 33.7 Å². The number of hydrogen-bond acceptors (Lipinski definition) is 5. The smallest absolute Gasteiger partial charge is 0.195 e. The van der Waals surface area contributed by atoms with Crippen LogP contribution in [0.4, 0.5) is 0 Å². The molecule has 0 saturated heterocycles. The first-order valence-electron chi connectivity index (χ1n) is 9.81. The first kappa shape index (κ1) is 20.1. The van der Waals surface area contributed by atoms with Crippen LogP contribution in [0.5, 0.6) is 0 Å². The average molecular weight is 394 g/mol. The molecule has 1 atom stereocenters. The summed E-state index contributed by atoms with van der Waals surface area (Å²) >= 11 is 0. The normalized spacial score (nSPS) is 18.0. The zero-order chi connectivity index (χ0) is 19.8. The largest absolute Gasteiger partial charge is 0.448 e. The van der Waals surface area contributed by atoms with E-state index < -0.39 is 15.1 Å². The Morgan fingerprint density at radius 3 is 2.52 bits per heavy atom. The quantitative estimate of drug-likeness (QED) is 0.766. The van der Waals surface area contributed by atoms with Gasteiger partial charge in [-0.05, 0) is 25.8 Å². The van der Waals surface area contributed by atoms with Crippen LogP contribution >= 0.6 is 0 Å². The van der Waals surface area contributed by atoms with Crippen LogP contribution in [-0.2, 0) is 28.7 Å². The van der Waals surface area contributed by atoms with Gasteiger partial charge in [-0.25, -0.2) is 13.4 Å². The molecule has 2 aromatic heterocycles. The third-order valence-corrected chi connectivity index (χ3v) is 8.19. The predicted octanol–water partition coefficient (Wildman–Crippen LogP) is 4.05. The molecule has 1 aliphatic carbocycles. The summed E-state index contributed by atoms with van der Waals surface area (Å²) < 4.78 is 33.1. The van der Waals surface area contributed by atoms with Crippen LogP contribution in [0.3, 0.4) is 0 Å². The lowest BCUT2D eigenvalue weighted by atomic mass is 9.92. The topological polar surface area (TPSA) is 78.0 Å². The predicted molar refractivity (Wildman–Crippen MR) is 106 cm³/mol. The zero-order valence-corrected chi connectivity index (χ0v) is 17.8. The molecule has 0 radical (unpaired) electrons. The Labute approximate surface area is 162 Å². The van der Waals surface area contributed by atoms with Gasteiger partial charge in [0.25, 0.3) is 0 Å². The number of aromatic nitrogens is 3. The second kappa shape index (κ2) is 7.41. The van der Waals surface area contributed by atoms with E-state index in [0.29, 0.717) is 18.0 Å². The second-order valence-corrected chi connectivity index (χ2v) is 11.4. The van der Waals surface area contributed by atoms with E-state index in [9.17, 15) is 8.42 Å². The maximum atomic E-state index is 12.9. The van der Waals surface area contributed by atoms with Gasteiger partial charge in [0.15, 0.2) is 15.7 Å². The summed E-state index contributed by atoms with van der Waals surface area (Å²) in [6.07, 6.45) is 6.64. The van der Waals surface area contributed by atoms with E-state index >= 15 is 0 Å². The Balaban J connectivity index is 1.75. The molecular formula is C20H31N3O3S. The number of nitrogens with zero attached hydrogens (tertiary/aromatic N) is 3. The molecule has 1 unspecified atom stereocenters. The fraction of sp³-hybridized carbons (Fsp3) is 0.700. The van der Waals surface area contributed by atoms with Crippen LogP contribution in [0.15, 0.2) is 16.7 Å². The van der Waals surface area contributed by atoms with Gasteiger partial charge in [-0.2, -0.15) is 5.10 Å². The molecule has 0 bridgehead atoms. The Bertz CT molecular complexity index is 884. The molecule has 2 aromatic rings. The van der Waals surface area contributed by atoms with Crippen LogP contribution in [0.1, 0.15) is 71.4 Å². The first-order valence-corrected chi connectivity index (χ1v) is 11.4. The Kier molecular flexibility index (Phi) is 5.52. The molecule has 6 nitrogen and oxygen atoms in total. The van der Waals surface area contributed by atoms with E-state index in [1.54, 1.807) is 17.9 Å². The van der Waals surface area contributed by atoms with Crippen molar-refractivity contribution in [2.45, 2.75) is 82.1 Å². The summed E-state index contributed by atoms with van der Waals surface area (Å²) in [5, 5.41) is 3.88. The summed E-state index contributed by atoms with van der Waals surface area (Å²) in [5.74, 6) is 0.468. The van der Waals surface area contributed by atoms with Gasteiger partial charge in [0.1, 0.15) is 12.0 Å². The Morgan fingerprint density at radius 2 is 1.93 bits per heavy atom. The van der Waals surface area contributed by atoms with Crippen molar-refractivity contribution in [1.29, 1.82) is 0 Å². The highest BCUT2D eigenvalue weighted by molar-refractivity contribution is 7.92.